The number of hydrogen-bond acceptors (Lipinski definition) is 7. The van der Waals surface area contributed by atoms with E-state index < -0.39 is 5.97 Å². The van der Waals surface area contributed by atoms with Gasteiger partial charge in [-0.25, -0.2) is 4.79 Å². The van der Waals surface area contributed by atoms with Crippen molar-refractivity contribution in [1.82, 2.24) is 5.32 Å². The number of hydrogen-bond donors (Lipinski definition) is 2. The van der Waals surface area contributed by atoms with Gasteiger partial charge in [-0.2, -0.15) is 5.26 Å². The van der Waals surface area contributed by atoms with Gasteiger partial charge in [-0.1, -0.05) is 0 Å². The fourth-order valence-electron chi connectivity index (χ4n) is 2.22. The lowest BCUT2D eigenvalue weighted by atomic mass is 10.2. The highest BCUT2D eigenvalue weighted by Gasteiger charge is 2.22. The Hall–Kier alpha value is -3.38. The van der Waals surface area contributed by atoms with Crippen molar-refractivity contribution in [3.05, 3.63) is 46.2 Å². The zero-order chi connectivity index (χ0) is 20.5. The highest BCUT2D eigenvalue weighted by molar-refractivity contribution is 7.18. The van der Waals surface area contributed by atoms with Gasteiger partial charge in [0.1, 0.15) is 21.7 Å². The van der Waals surface area contributed by atoms with E-state index in [4.69, 9.17) is 9.15 Å². The van der Waals surface area contributed by atoms with Gasteiger partial charge in [0.15, 0.2) is 0 Å². The second kappa shape index (κ2) is 10.1. The van der Waals surface area contributed by atoms with Crippen molar-refractivity contribution in [3.8, 4) is 6.07 Å². The van der Waals surface area contributed by atoms with Crippen LogP contribution in [0, 0.1) is 18.3 Å². The molecule has 2 rings (SSSR count). The number of carbonyl (C=O) groups excluding carboxylic acids is 3. The first-order valence-electron chi connectivity index (χ1n) is 8.46. The van der Waals surface area contributed by atoms with E-state index in [1.54, 1.807) is 26.0 Å². The Morgan fingerprint density at radius 1 is 1.39 bits per heavy atom. The van der Waals surface area contributed by atoms with E-state index >= 15 is 0 Å². The predicted molar refractivity (Wildman–Crippen MR) is 104 cm³/mol. The molecule has 0 aliphatic heterocycles. The van der Waals surface area contributed by atoms with Gasteiger partial charge in [0, 0.05) is 19.0 Å². The molecule has 2 N–H and O–H groups in total. The van der Waals surface area contributed by atoms with Crippen LogP contribution >= 0.6 is 11.3 Å². The van der Waals surface area contributed by atoms with Crippen LogP contribution in [0.4, 0.5) is 5.00 Å². The number of esters is 1. The summed E-state index contributed by atoms with van der Waals surface area (Å²) >= 11 is 0.996. The molecule has 0 radical (unpaired) electrons. The Kier molecular flexibility index (Phi) is 7.54. The molecule has 8 nitrogen and oxygen atoms in total. The Morgan fingerprint density at radius 3 is 2.82 bits per heavy atom. The van der Waals surface area contributed by atoms with Crippen LogP contribution in [0.25, 0.3) is 6.08 Å². The minimum Gasteiger partial charge on any atom is -0.465 e. The molecule has 0 unspecified atom stereocenters. The Labute approximate surface area is 165 Å². The average Bonchev–Trinajstić information content (AvgIpc) is 3.28. The van der Waals surface area contributed by atoms with Gasteiger partial charge in [-0.15, -0.1) is 11.3 Å². The molecule has 0 saturated heterocycles. The molecule has 2 aromatic rings. The van der Waals surface area contributed by atoms with Crippen LogP contribution in [0.3, 0.4) is 0 Å². The molecule has 2 aromatic heterocycles. The van der Waals surface area contributed by atoms with E-state index in [0.29, 0.717) is 11.3 Å². The largest absolute Gasteiger partial charge is 0.465 e. The predicted octanol–water partition coefficient (Wildman–Crippen LogP) is 2.86. The molecule has 9 heteroatoms. The van der Waals surface area contributed by atoms with Gasteiger partial charge in [0.2, 0.25) is 11.8 Å². The van der Waals surface area contributed by atoms with Crippen LogP contribution in [0.2, 0.25) is 0 Å². The quantitative estimate of drug-likeness (QED) is 0.518. The molecule has 2 amide bonds. The van der Waals surface area contributed by atoms with Crippen LogP contribution in [0.1, 0.15) is 39.9 Å². The van der Waals surface area contributed by atoms with Crippen molar-refractivity contribution in [3.63, 3.8) is 0 Å². The van der Waals surface area contributed by atoms with E-state index in [2.05, 4.69) is 10.6 Å². The smallest absolute Gasteiger partial charge is 0.348 e. The first kappa shape index (κ1) is 20.9. The zero-order valence-corrected chi connectivity index (χ0v) is 16.2. The number of thiophene rings is 1. The maximum atomic E-state index is 12.1. The van der Waals surface area contributed by atoms with Gasteiger partial charge in [-0.05, 0) is 37.6 Å². The summed E-state index contributed by atoms with van der Waals surface area (Å²) in [7, 11) is 0. The molecule has 28 heavy (non-hydrogen) atoms. The van der Waals surface area contributed by atoms with Crippen molar-refractivity contribution < 1.29 is 23.5 Å². The molecule has 0 aliphatic rings. The number of nitriles is 1. The number of nitrogens with one attached hydrogen (secondary N) is 2. The number of ether oxygens (including phenoxy) is 1. The number of nitrogens with zero attached hydrogens (tertiary/aromatic N) is 1. The molecule has 0 bridgehead atoms. The minimum absolute atomic E-state index is 0.0108. The summed E-state index contributed by atoms with van der Waals surface area (Å²) in [5, 5.41) is 14.8. The normalized spacial score (nSPS) is 10.5. The molecule has 0 aromatic carbocycles. The number of amides is 2. The summed E-state index contributed by atoms with van der Waals surface area (Å²) in [6.45, 7) is 3.65. The summed E-state index contributed by atoms with van der Waals surface area (Å²) in [6.07, 6.45) is 4.33. The Morgan fingerprint density at radius 2 is 2.18 bits per heavy atom. The molecular formula is C19H19N3O5S. The lowest BCUT2D eigenvalue weighted by Gasteiger charge is -2.04. The first-order valence-corrected chi connectivity index (χ1v) is 9.27. The van der Waals surface area contributed by atoms with Crippen molar-refractivity contribution in [1.29, 1.82) is 5.26 Å². The van der Waals surface area contributed by atoms with Gasteiger partial charge in [0.25, 0.3) is 0 Å². The van der Waals surface area contributed by atoms with Crippen LogP contribution in [-0.2, 0) is 14.3 Å². The maximum absolute atomic E-state index is 12.1. The molecule has 146 valence electrons. The summed E-state index contributed by atoms with van der Waals surface area (Å²) in [6, 6.07) is 5.40. The van der Waals surface area contributed by atoms with Crippen LogP contribution < -0.4 is 10.6 Å². The van der Waals surface area contributed by atoms with E-state index in [-0.39, 0.29) is 46.8 Å². The van der Waals surface area contributed by atoms with E-state index in [9.17, 15) is 19.6 Å². The number of furan rings is 1. The van der Waals surface area contributed by atoms with Crippen LogP contribution in [-0.4, -0.2) is 30.9 Å². The fourth-order valence-corrected chi connectivity index (χ4v) is 3.29. The minimum atomic E-state index is -0.530. The molecule has 2 heterocycles. The van der Waals surface area contributed by atoms with Gasteiger partial charge in [-0.3, -0.25) is 9.59 Å². The Bertz CT molecular complexity index is 922. The molecule has 0 fully saturated rings. The third kappa shape index (κ3) is 5.56. The highest BCUT2D eigenvalue weighted by Crippen LogP contribution is 2.33. The molecule has 0 saturated carbocycles. The maximum Gasteiger partial charge on any atom is 0.348 e. The third-order valence-electron chi connectivity index (χ3n) is 3.57. The van der Waals surface area contributed by atoms with Gasteiger partial charge >= 0.3 is 5.97 Å². The topological polar surface area (TPSA) is 121 Å². The zero-order valence-electron chi connectivity index (χ0n) is 15.4. The number of anilines is 1. The summed E-state index contributed by atoms with van der Waals surface area (Å²) in [5.41, 5.74) is 0.699. The number of carbonyl (C=O) groups is 3. The van der Waals surface area contributed by atoms with Crippen molar-refractivity contribution in [2.24, 2.45) is 0 Å². The van der Waals surface area contributed by atoms with Gasteiger partial charge in [0.05, 0.1) is 18.4 Å². The highest BCUT2D eigenvalue weighted by atomic mass is 32.1. The van der Waals surface area contributed by atoms with Crippen LogP contribution in [0.15, 0.2) is 28.9 Å². The lowest BCUT2D eigenvalue weighted by Crippen LogP contribution is -2.26. The molecular weight excluding hydrogens is 382 g/mol. The first-order chi connectivity index (χ1) is 13.5. The molecule has 0 spiro atoms. The third-order valence-corrected chi connectivity index (χ3v) is 4.75. The summed E-state index contributed by atoms with van der Waals surface area (Å²) in [5.74, 6) is -0.734. The van der Waals surface area contributed by atoms with Crippen molar-refractivity contribution in [2.75, 3.05) is 18.5 Å². The van der Waals surface area contributed by atoms with Gasteiger partial charge < -0.3 is 19.8 Å². The average molecular weight is 401 g/mol. The fraction of sp³-hybridized carbons (Fsp3) is 0.263. The molecule has 0 aliphatic carbocycles. The summed E-state index contributed by atoms with van der Waals surface area (Å²) in [4.78, 5) is 36.0. The van der Waals surface area contributed by atoms with E-state index in [1.807, 2.05) is 6.07 Å². The monoisotopic (exact) mass is 401 g/mol. The molecule has 0 atom stereocenters. The summed E-state index contributed by atoms with van der Waals surface area (Å²) < 4.78 is 10.0. The van der Waals surface area contributed by atoms with Crippen molar-refractivity contribution >= 4 is 40.2 Å². The second-order valence-corrected chi connectivity index (χ2v) is 6.55. The van der Waals surface area contributed by atoms with Crippen molar-refractivity contribution in [2.45, 2.75) is 20.3 Å². The van der Waals surface area contributed by atoms with E-state index in [1.165, 1.54) is 18.4 Å². The standard InChI is InChI=1S/C19H19N3O5S/c1-3-26-19(25)17-12(2)14(11-20)18(28-17)22-16(24)8-9-21-15(23)7-6-13-5-4-10-27-13/h4-7,10H,3,8-9H2,1-2H3,(H,21,23)(H,22,24)/b7-6+. The second-order valence-electron chi connectivity index (χ2n) is 5.53. The van der Waals surface area contributed by atoms with Crippen LogP contribution in [0.5, 0.6) is 0 Å². The lowest BCUT2D eigenvalue weighted by molar-refractivity contribution is -0.117. The Balaban J connectivity index is 1.89. The van der Waals surface area contributed by atoms with E-state index in [0.717, 1.165) is 11.3 Å². The number of rotatable bonds is 8. The SMILES string of the molecule is CCOC(=O)c1sc(NC(=O)CCNC(=O)/C=C/c2ccco2)c(C#N)c1C.